The second-order valence-electron chi connectivity index (χ2n) is 2.78. The number of rotatable bonds is 1. The molecule has 2 rings (SSSR count). The van der Waals surface area contributed by atoms with E-state index in [4.69, 9.17) is 12.6 Å². The third kappa shape index (κ3) is 1.37. The minimum Gasteiger partial charge on any atom is -0.481 e. The molecular formula is C10H8BNO. The van der Waals surface area contributed by atoms with Crippen LogP contribution in [0.2, 0.25) is 0 Å². The summed E-state index contributed by atoms with van der Waals surface area (Å²) in [7, 11) is 7.27. The molecule has 1 heterocycles. The monoisotopic (exact) mass is 169 g/mol. The zero-order valence-corrected chi connectivity index (χ0v) is 7.32. The van der Waals surface area contributed by atoms with E-state index in [2.05, 4.69) is 4.98 Å². The number of fused-ring (bicyclic) bond motifs is 1. The summed E-state index contributed by atoms with van der Waals surface area (Å²) in [6.07, 6.45) is 0. The van der Waals surface area contributed by atoms with Crippen molar-refractivity contribution < 1.29 is 4.74 Å². The van der Waals surface area contributed by atoms with Gasteiger partial charge in [-0.25, -0.2) is 4.98 Å². The maximum Gasteiger partial charge on any atom is 0.206 e. The summed E-state index contributed by atoms with van der Waals surface area (Å²) < 4.78 is 5.02. The third-order valence-electron chi connectivity index (χ3n) is 1.91. The van der Waals surface area contributed by atoms with Gasteiger partial charge in [0.15, 0.2) is 0 Å². The van der Waals surface area contributed by atoms with Gasteiger partial charge in [0.1, 0.15) is 7.85 Å². The van der Waals surface area contributed by atoms with Crippen molar-refractivity contribution in [1.29, 1.82) is 0 Å². The molecule has 0 saturated carbocycles. The van der Waals surface area contributed by atoms with E-state index in [0.717, 1.165) is 10.9 Å². The summed E-state index contributed by atoms with van der Waals surface area (Å²) >= 11 is 0. The van der Waals surface area contributed by atoms with Crippen LogP contribution in [0, 0.1) is 0 Å². The average molecular weight is 169 g/mol. The summed E-state index contributed by atoms with van der Waals surface area (Å²) in [4.78, 5) is 4.25. The zero-order valence-electron chi connectivity index (χ0n) is 7.32. The Morgan fingerprint density at radius 2 is 2.08 bits per heavy atom. The van der Waals surface area contributed by atoms with Crippen molar-refractivity contribution in [2.45, 2.75) is 0 Å². The van der Waals surface area contributed by atoms with Gasteiger partial charge in [0, 0.05) is 0 Å². The molecular weight excluding hydrogens is 161 g/mol. The molecule has 1 aromatic heterocycles. The highest BCUT2D eigenvalue weighted by Crippen LogP contribution is 2.12. The van der Waals surface area contributed by atoms with E-state index in [-0.39, 0.29) is 0 Å². The zero-order chi connectivity index (χ0) is 9.26. The molecule has 0 amide bonds. The second-order valence-corrected chi connectivity index (χ2v) is 2.78. The molecule has 3 heteroatoms. The van der Waals surface area contributed by atoms with Crippen molar-refractivity contribution in [3.63, 3.8) is 0 Å². The van der Waals surface area contributed by atoms with Gasteiger partial charge in [-0.2, -0.15) is 0 Å². The number of pyridine rings is 1. The van der Waals surface area contributed by atoms with Crippen molar-refractivity contribution in [1.82, 2.24) is 4.98 Å². The topological polar surface area (TPSA) is 22.1 Å². The van der Waals surface area contributed by atoms with Gasteiger partial charge in [0.2, 0.25) is 5.88 Å². The van der Waals surface area contributed by atoms with Gasteiger partial charge in [-0.15, -0.1) is 0 Å². The van der Waals surface area contributed by atoms with E-state index in [1.165, 1.54) is 0 Å². The van der Waals surface area contributed by atoms with Crippen LogP contribution >= 0.6 is 0 Å². The number of ether oxygens (including phenoxy) is 1. The van der Waals surface area contributed by atoms with E-state index in [9.17, 15) is 0 Å². The fourth-order valence-corrected chi connectivity index (χ4v) is 1.28. The lowest BCUT2D eigenvalue weighted by atomic mass is 9.96. The summed E-state index contributed by atoms with van der Waals surface area (Å²) in [6.45, 7) is 0. The van der Waals surface area contributed by atoms with Gasteiger partial charge in [0.05, 0.1) is 12.6 Å². The lowest BCUT2D eigenvalue weighted by molar-refractivity contribution is 0.403. The van der Waals surface area contributed by atoms with Crippen molar-refractivity contribution in [2.75, 3.05) is 7.11 Å². The molecule has 2 aromatic rings. The number of methoxy groups -OCH3 is 1. The van der Waals surface area contributed by atoms with Gasteiger partial charge in [0.25, 0.3) is 0 Å². The van der Waals surface area contributed by atoms with Gasteiger partial charge >= 0.3 is 0 Å². The van der Waals surface area contributed by atoms with Crippen LogP contribution < -0.4 is 10.2 Å². The van der Waals surface area contributed by atoms with E-state index >= 15 is 0 Å². The number of nitrogens with zero attached hydrogens (tertiary/aromatic N) is 1. The predicted molar refractivity (Wildman–Crippen MR) is 53.7 cm³/mol. The number of benzene rings is 1. The van der Waals surface area contributed by atoms with E-state index in [1.54, 1.807) is 7.11 Å². The highest BCUT2D eigenvalue weighted by molar-refractivity contribution is 6.34. The first-order valence-electron chi connectivity index (χ1n) is 4.00. The van der Waals surface area contributed by atoms with Crippen LogP contribution in [-0.2, 0) is 0 Å². The summed E-state index contributed by atoms with van der Waals surface area (Å²) in [5, 5.41) is 1.03. The molecule has 0 N–H and O–H groups in total. The average Bonchev–Trinajstić information content (AvgIpc) is 2.17. The van der Waals surface area contributed by atoms with Crippen LogP contribution in [-0.4, -0.2) is 19.9 Å². The van der Waals surface area contributed by atoms with E-state index in [0.29, 0.717) is 11.3 Å². The van der Waals surface area contributed by atoms with E-state index in [1.807, 2.05) is 30.3 Å². The molecule has 0 bridgehead atoms. The highest BCUT2D eigenvalue weighted by Gasteiger charge is 2.00. The molecule has 13 heavy (non-hydrogen) atoms. The number of hydrogen-bond donors (Lipinski definition) is 0. The molecule has 62 valence electrons. The Morgan fingerprint density at radius 1 is 1.31 bits per heavy atom. The Balaban J connectivity index is 2.74. The number of para-hydroxylation sites is 1. The van der Waals surface area contributed by atoms with Crippen LogP contribution in [0.1, 0.15) is 0 Å². The van der Waals surface area contributed by atoms with Crippen LogP contribution in [0.15, 0.2) is 30.3 Å². The third-order valence-corrected chi connectivity index (χ3v) is 1.91. The highest BCUT2D eigenvalue weighted by atomic mass is 16.5. The standard InChI is InChI=1S/C10H8BNO/c1-13-10-8(11)6-7-4-2-3-5-9(7)12-10/h2-6H,1H3. The predicted octanol–water partition coefficient (Wildman–Crippen LogP) is 1.04. The first-order valence-corrected chi connectivity index (χ1v) is 4.00. The largest absolute Gasteiger partial charge is 0.481 e. The van der Waals surface area contributed by atoms with Gasteiger partial charge < -0.3 is 4.74 Å². The molecule has 1 aromatic carbocycles. The molecule has 0 unspecified atom stereocenters. The fraction of sp³-hybridized carbons (Fsp3) is 0.100. The van der Waals surface area contributed by atoms with Crippen molar-refractivity contribution in [3.05, 3.63) is 30.3 Å². The van der Waals surface area contributed by atoms with Crippen molar-refractivity contribution in [2.24, 2.45) is 0 Å². The Kier molecular flexibility index (Phi) is 1.93. The Bertz CT molecular complexity index is 442. The lowest BCUT2D eigenvalue weighted by Crippen LogP contribution is -2.08. The Hall–Kier alpha value is -1.51. The maximum absolute atomic E-state index is 5.71. The first kappa shape index (κ1) is 8.11. The normalized spacial score (nSPS) is 10.2. The molecule has 2 radical (unpaired) electrons. The second kappa shape index (κ2) is 3.09. The molecule has 0 fully saturated rings. The SMILES string of the molecule is [B]c1cc2ccccc2nc1OC. The first-order chi connectivity index (χ1) is 6.31. The molecule has 0 aliphatic carbocycles. The molecule has 0 spiro atoms. The quantitative estimate of drug-likeness (QED) is 0.595. The van der Waals surface area contributed by atoms with Crippen molar-refractivity contribution in [3.8, 4) is 5.88 Å². The van der Waals surface area contributed by atoms with Gasteiger partial charge in [-0.1, -0.05) is 24.3 Å². The van der Waals surface area contributed by atoms with Crippen LogP contribution in [0.4, 0.5) is 0 Å². The van der Waals surface area contributed by atoms with E-state index < -0.39 is 0 Å². The number of hydrogen-bond acceptors (Lipinski definition) is 2. The van der Waals surface area contributed by atoms with Crippen molar-refractivity contribution >= 4 is 24.2 Å². The maximum atomic E-state index is 5.71. The lowest BCUT2D eigenvalue weighted by Gasteiger charge is -2.05. The minimum atomic E-state index is 0.485. The Morgan fingerprint density at radius 3 is 2.85 bits per heavy atom. The molecule has 2 nitrogen and oxygen atoms in total. The summed E-state index contributed by atoms with van der Waals surface area (Å²) in [5.41, 5.74) is 1.47. The van der Waals surface area contributed by atoms with Gasteiger partial charge in [-0.3, -0.25) is 0 Å². The van der Waals surface area contributed by atoms with Crippen LogP contribution in [0.5, 0.6) is 5.88 Å². The molecule has 0 aliphatic rings. The summed E-state index contributed by atoms with van der Waals surface area (Å²) in [5.74, 6) is 0.485. The molecule has 0 atom stereocenters. The summed E-state index contributed by atoms with van der Waals surface area (Å²) in [6, 6.07) is 9.65. The minimum absolute atomic E-state index is 0.485. The fourth-order valence-electron chi connectivity index (χ4n) is 1.28. The van der Waals surface area contributed by atoms with Gasteiger partial charge in [-0.05, 0) is 16.9 Å². The number of aromatic nitrogens is 1. The Labute approximate surface area is 78.0 Å². The molecule has 0 saturated heterocycles. The van der Waals surface area contributed by atoms with Crippen LogP contribution in [0.3, 0.4) is 0 Å². The molecule has 0 aliphatic heterocycles. The smallest absolute Gasteiger partial charge is 0.206 e. The van der Waals surface area contributed by atoms with Crippen LogP contribution in [0.25, 0.3) is 10.9 Å².